The molecule has 0 aliphatic carbocycles. The highest BCUT2D eigenvalue weighted by Gasteiger charge is 2.35. The molecule has 3 saturated heterocycles. The molecule has 3 amide bonds. The topological polar surface area (TPSA) is 248 Å². The highest BCUT2D eigenvalue weighted by Crippen LogP contribution is 2.35. The summed E-state index contributed by atoms with van der Waals surface area (Å²) in [7, 11) is 13.2. The van der Waals surface area contributed by atoms with Crippen LogP contribution >= 0.6 is 0 Å². The number of carbonyl (C=O) groups excluding carboxylic acids is 6. The van der Waals surface area contributed by atoms with E-state index >= 15 is 0 Å². The number of methoxy groups -OCH3 is 1. The zero-order valence-electron chi connectivity index (χ0n) is 63.5. The number of aryl methyl sites for hydroxylation is 1. The van der Waals surface area contributed by atoms with Crippen molar-refractivity contribution in [3.05, 3.63) is 210 Å². The van der Waals surface area contributed by atoms with E-state index in [-0.39, 0.29) is 70.9 Å². The van der Waals surface area contributed by atoms with Crippen molar-refractivity contribution in [1.82, 2.24) is 43.1 Å². The number of fused-ring (bicyclic) bond motifs is 3. The lowest BCUT2D eigenvalue weighted by atomic mass is 10.0. The Morgan fingerprint density at radius 1 is 0.426 bits per heavy atom. The van der Waals surface area contributed by atoms with Gasteiger partial charge in [-0.2, -0.15) is 0 Å². The highest BCUT2D eigenvalue weighted by molar-refractivity contribution is 6.08. The molecule has 3 aliphatic heterocycles. The standard InChI is InChI=1S/C28H34N4O5.C27H31FN4O4.C26H32N4O5/c1-5-37-28(35)24-25(22-8-6-7-9-23(22)32(27(24)34)19-14-29(2)3)30-15-17-31(18-16-30)26(33)20-10-12-21(36-4)13-11-20;1-4-36-27(35)23-24(21-7-5-6-8-22(21)32(26(23)34)18-13-29(2)3)30-14-16-31(17-15-30)25(33)19-9-11-20(28)12-10-19;1-5-34-26(33)22-23(28-11-13-29(14-12-28)24(31)21-7-6-16-35-21)19-17-18(2)8-9-20(19)30(25(22)32)15-10-27(3)4/h6-13H,5,14-19H2,1-4H3;5-12H,4,13-18H2,1-3H3;6-9,16-17H,5,10-15H2,1-4H3. The third-order valence-electron chi connectivity index (χ3n) is 19.2. The van der Waals surface area contributed by atoms with E-state index in [0.717, 1.165) is 38.3 Å². The third-order valence-corrected chi connectivity index (χ3v) is 19.2. The van der Waals surface area contributed by atoms with Crippen molar-refractivity contribution in [2.24, 2.45) is 0 Å². The van der Waals surface area contributed by atoms with Crippen LogP contribution in [0, 0.1) is 12.7 Å². The maximum absolute atomic E-state index is 13.7. The number of rotatable bonds is 22. The van der Waals surface area contributed by atoms with Crippen LogP contribution in [0.3, 0.4) is 0 Å². The number of amides is 3. The van der Waals surface area contributed by atoms with Crippen LogP contribution in [0.1, 0.15) is 88.7 Å². The van der Waals surface area contributed by atoms with Gasteiger partial charge in [0.05, 0.1) is 66.8 Å². The van der Waals surface area contributed by atoms with Crippen LogP contribution in [0.2, 0.25) is 0 Å². The zero-order chi connectivity index (χ0) is 77.5. The van der Waals surface area contributed by atoms with Gasteiger partial charge < -0.3 is 81.2 Å². The van der Waals surface area contributed by atoms with Crippen LogP contribution in [0.25, 0.3) is 32.7 Å². The predicted octanol–water partition coefficient (Wildman–Crippen LogP) is 8.16. The van der Waals surface area contributed by atoms with Crippen molar-refractivity contribution in [2.45, 2.75) is 47.3 Å². The first-order valence-electron chi connectivity index (χ1n) is 36.5. The molecule has 0 radical (unpaired) electrons. The minimum atomic E-state index is -0.647. The SMILES string of the molecule is CCOC(=O)c1c(N2CCN(C(=O)c3ccc(F)cc3)CC2)c2ccccc2n(CCN(C)C)c1=O.CCOC(=O)c1c(N2CCN(C(=O)c3ccc(OC)cc3)CC2)c2ccccc2n(CCN(C)C)c1=O.CCOC(=O)c1c(N2CCN(C(=O)c3ccco3)CC2)c2cc(C)ccc2n(CCN(C)C)c1=O. The van der Waals surface area contributed by atoms with E-state index in [9.17, 15) is 47.5 Å². The van der Waals surface area contributed by atoms with Gasteiger partial charge >= 0.3 is 17.9 Å². The van der Waals surface area contributed by atoms with Crippen molar-refractivity contribution in [3.63, 3.8) is 0 Å². The van der Waals surface area contributed by atoms with Crippen molar-refractivity contribution >= 4 is 85.4 Å². The quantitative estimate of drug-likeness (QED) is 0.0458. The number of nitrogens with zero attached hydrogens (tertiary/aromatic N) is 12. The van der Waals surface area contributed by atoms with Crippen LogP contribution in [0.15, 0.2) is 152 Å². The summed E-state index contributed by atoms with van der Waals surface area (Å²) < 4.78 is 44.7. The second-order valence-electron chi connectivity index (χ2n) is 27.2. The molecule has 0 atom stereocenters. The second kappa shape index (κ2) is 36.4. The molecule has 0 N–H and O–H groups in total. The minimum absolute atomic E-state index is 0.0209. The molecular formula is C81H97FN12O14. The molecule has 27 heteroatoms. The number of piperazine rings is 3. The number of halogens is 1. The molecule has 0 spiro atoms. The Morgan fingerprint density at radius 2 is 0.778 bits per heavy atom. The molecule has 4 aromatic heterocycles. The van der Waals surface area contributed by atoms with Crippen LogP contribution < -0.4 is 36.1 Å². The largest absolute Gasteiger partial charge is 0.497 e. The van der Waals surface area contributed by atoms with Crippen molar-refractivity contribution in [1.29, 1.82) is 0 Å². The number of hydrogen-bond donors (Lipinski definition) is 0. The highest BCUT2D eigenvalue weighted by atomic mass is 19.1. The van der Waals surface area contributed by atoms with Crippen molar-refractivity contribution in [3.8, 4) is 5.75 Å². The van der Waals surface area contributed by atoms with Crippen LogP contribution in [-0.4, -0.2) is 246 Å². The molecule has 3 fully saturated rings. The number of pyridine rings is 3. The van der Waals surface area contributed by atoms with Crippen molar-refractivity contribution in [2.75, 3.05) is 182 Å². The van der Waals surface area contributed by atoms with Gasteiger partial charge in [0, 0.05) is 145 Å². The number of anilines is 3. The molecule has 5 aromatic carbocycles. The summed E-state index contributed by atoms with van der Waals surface area (Å²) in [6, 6.07) is 37.0. The minimum Gasteiger partial charge on any atom is -0.497 e. The first-order valence-corrected chi connectivity index (χ1v) is 36.5. The summed E-state index contributed by atoms with van der Waals surface area (Å²) in [5, 5.41) is 2.44. The van der Waals surface area contributed by atoms with Gasteiger partial charge in [0.2, 0.25) is 0 Å². The monoisotopic (exact) mass is 1480 g/mol. The van der Waals surface area contributed by atoms with E-state index in [0.29, 0.717) is 158 Å². The fourth-order valence-electron chi connectivity index (χ4n) is 13.7. The van der Waals surface area contributed by atoms with Gasteiger partial charge in [-0.15, -0.1) is 0 Å². The lowest BCUT2D eigenvalue weighted by molar-refractivity contribution is 0.0514. The van der Waals surface area contributed by atoms with E-state index in [4.69, 9.17) is 23.4 Å². The van der Waals surface area contributed by atoms with Gasteiger partial charge in [0.1, 0.15) is 28.3 Å². The molecule has 0 unspecified atom stereocenters. The smallest absolute Gasteiger partial charge is 0.345 e. The van der Waals surface area contributed by atoms with E-state index in [1.165, 1.54) is 30.5 Å². The Bertz CT molecular complexity index is 4880. The first kappa shape index (κ1) is 79.4. The van der Waals surface area contributed by atoms with Gasteiger partial charge in [-0.25, -0.2) is 18.8 Å². The number of likely N-dealkylation sites (N-methyl/N-ethyl adjacent to an activating group) is 3. The number of hydrogen-bond acceptors (Lipinski definition) is 20. The van der Waals surface area contributed by atoms with Crippen LogP contribution in [0.5, 0.6) is 5.75 Å². The molecular weight excluding hydrogens is 1380 g/mol. The third kappa shape index (κ3) is 18.1. The van der Waals surface area contributed by atoms with Crippen LogP contribution in [-0.2, 0) is 33.8 Å². The maximum atomic E-state index is 13.7. The van der Waals surface area contributed by atoms with Gasteiger partial charge in [0.15, 0.2) is 5.76 Å². The average molecular weight is 1480 g/mol. The summed E-state index contributed by atoms with van der Waals surface area (Å²) >= 11 is 0. The van der Waals surface area contributed by atoms with E-state index in [1.54, 1.807) is 92.7 Å². The summed E-state index contributed by atoms with van der Waals surface area (Å²) in [6.45, 7) is 16.3. The molecule has 3 aliphatic rings. The maximum Gasteiger partial charge on any atom is 0.345 e. The van der Waals surface area contributed by atoms with Gasteiger partial charge in [-0.3, -0.25) is 28.8 Å². The molecule has 26 nitrogen and oxygen atoms in total. The molecule has 9 aromatic rings. The Balaban J connectivity index is 0.000000173. The Labute approximate surface area is 627 Å². The number of benzene rings is 5. The predicted molar refractivity (Wildman–Crippen MR) is 415 cm³/mol. The molecule has 7 heterocycles. The fourth-order valence-corrected chi connectivity index (χ4v) is 13.7. The average Bonchev–Trinajstić information content (AvgIpc) is 0.783. The summed E-state index contributed by atoms with van der Waals surface area (Å²) in [4.78, 5) is 136. The number of esters is 3. The van der Waals surface area contributed by atoms with E-state index in [2.05, 4.69) is 0 Å². The van der Waals surface area contributed by atoms with Gasteiger partial charge in [-0.05, 0) is 155 Å². The normalized spacial score (nSPS) is 13.9. The van der Waals surface area contributed by atoms with Gasteiger partial charge in [-0.1, -0.05) is 48.0 Å². The lowest BCUT2D eigenvalue weighted by Gasteiger charge is -2.37. The van der Waals surface area contributed by atoms with Gasteiger partial charge in [0.25, 0.3) is 34.4 Å². The molecule has 0 bridgehead atoms. The molecule has 12 rings (SSSR count). The summed E-state index contributed by atoms with van der Waals surface area (Å²) in [5.41, 5.74) is 5.08. The van der Waals surface area contributed by atoms with E-state index in [1.807, 2.05) is 145 Å². The molecule has 108 heavy (non-hydrogen) atoms. The lowest BCUT2D eigenvalue weighted by Crippen LogP contribution is -2.49. The molecule has 572 valence electrons. The number of furan rings is 1. The number of ether oxygens (including phenoxy) is 4. The molecule has 0 saturated carbocycles. The number of carbonyl (C=O) groups is 6. The second-order valence-corrected chi connectivity index (χ2v) is 27.2. The first-order chi connectivity index (χ1) is 52.0. The number of aromatic nitrogens is 3. The van der Waals surface area contributed by atoms with Crippen molar-refractivity contribution < 1.29 is 56.5 Å². The Kier molecular flexibility index (Phi) is 26.8. The Morgan fingerprint density at radius 3 is 1.13 bits per heavy atom. The van der Waals surface area contributed by atoms with E-state index < -0.39 is 23.7 Å². The zero-order valence-corrected chi connectivity index (χ0v) is 63.5. The number of para-hydroxylation sites is 2. The Hall–Kier alpha value is -11.2. The van der Waals surface area contributed by atoms with Crippen LogP contribution in [0.4, 0.5) is 21.5 Å². The summed E-state index contributed by atoms with van der Waals surface area (Å²) in [6.07, 6.45) is 1.48. The summed E-state index contributed by atoms with van der Waals surface area (Å²) in [5.74, 6) is -1.69. The fraction of sp³-hybridized carbons (Fsp3) is 0.395.